The summed E-state index contributed by atoms with van der Waals surface area (Å²) in [6, 6.07) is 3.37. The first kappa shape index (κ1) is 10.9. The quantitative estimate of drug-likeness (QED) is 0.765. The number of nitrogens with one attached hydrogen (secondary N) is 1. The lowest BCUT2D eigenvalue weighted by atomic mass is 10.1. The Balaban J connectivity index is 2.00. The van der Waals surface area contributed by atoms with Crippen LogP contribution in [0.25, 0.3) is 0 Å². The number of nitrogens with two attached hydrogens (primary N) is 1. The maximum absolute atomic E-state index is 11.8. The molecule has 5 nitrogen and oxygen atoms in total. The van der Waals surface area contributed by atoms with Crippen LogP contribution in [0.1, 0.15) is 23.7 Å². The third kappa shape index (κ3) is 2.30. The predicted octanol–water partition coefficient (Wildman–Crippen LogP) is 0.571. The Hall–Kier alpha value is -1.62. The molecule has 0 saturated carbocycles. The minimum absolute atomic E-state index is 0.0747. The molecule has 1 amide bonds. The highest BCUT2D eigenvalue weighted by molar-refractivity contribution is 5.94. The summed E-state index contributed by atoms with van der Waals surface area (Å²) in [5.74, 6) is 0.281. The highest BCUT2D eigenvalue weighted by Gasteiger charge is 2.25. The topological polar surface area (TPSA) is 77.2 Å². The first-order chi connectivity index (χ1) is 7.66. The normalized spacial score (nSPS) is 24.3. The molecule has 2 unspecified atom stereocenters. The number of hydrogen-bond acceptors (Lipinski definition) is 4. The van der Waals surface area contributed by atoms with E-state index in [1.54, 1.807) is 12.1 Å². The van der Waals surface area contributed by atoms with Gasteiger partial charge in [0.2, 0.25) is 0 Å². The second-order valence-corrected chi connectivity index (χ2v) is 3.92. The fourth-order valence-electron chi connectivity index (χ4n) is 1.71. The van der Waals surface area contributed by atoms with Gasteiger partial charge in [-0.1, -0.05) is 0 Å². The summed E-state index contributed by atoms with van der Waals surface area (Å²) >= 11 is 0. The van der Waals surface area contributed by atoms with Crippen LogP contribution < -0.4 is 11.1 Å². The third-order valence-corrected chi connectivity index (χ3v) is 2.74. The Morgan fingerprint density at radius 2 is 2.44 bits per heavy atom. The second-order valence-electron chi connectivity index (χ2n) is 3.92. The number of nitrogens with zero attached hydrogens (tertiary/aromatic N) is 1. The Morgan fingerprint density at radius 1 is 1.62 bits per heavy atom. The Labute approximate surface area is 94.0 Å². The second kappa shape index (κ2) is 4.49. The zero-order chi connectivity index (χ0) is 11.5. The van der Waals surface area contributed by atoms with Gasteiger partial charge in [-0.2, -0.15) is 0 Å². The van der Waals surface area contributed by atoms with Gasteiger partial charge in [-0.05, 0) is 25.5 Å². The zero-order valence-electron chi connectivity index (χ0n) is 9.14. The van der Waals surface area contributed by atoms with Crippen LogP contribution in [-0.2, 0) is 4.74 Å². The summed E-state index contributed by atoms with van der Waals surface area (Å²) in [6.07, 6.45) is 2.41. The highest BCUT2D eigenvalue weighted by atomic mass is 16.5. The van der Waals surface area contributed by atoms with Gasteiger partial charge in [-0.3, -0.25) is 4.79 Å². The van der Waals surface area contributed by atoms with Crippen LogP contribution in [0.5, 0.6) is 0 Å². The van der Waals surface area contributed by atoms with E-state index in [2.05, 4.69) is 10.3 Å². The summed E-state index contributed by atoms with van der Waals surface area (Å²) < 4.78 is 5.37. The van der Waals surface area contributed by atoms with Crippen molar-refractivity contribution in [3.63, 3.8) is 0 Å². The van der Waals surface area contributed by atoms with Gasteiger partial charge in [0.25, 0.3) is 5.91 Å². The molecule has 0 spiro atoms. The van der Waals surface area contributed by atoms with Crippen molar-refractivity contribution in [1.29, 1.82) is 0 Å². The fraction of sp³-hybridized carbons (Fsp3) is 0.455. The molecule has 0 radical (unpaired) electrons. The van der Waals surface area contributed by atoms with Crippen LogP contribution in [-0.4, -0.2) is 29.6 Å². The lowest BCUT2D eigenvalue weighted by Gasteiger charge is -2.15. The van der Waals surface area contributed by atoms with Crippen LogP contribution in [0.15, 0.2) is 18.3 Å². The number of carbonyl (C=O) groups excluding carboxylic acids is 1. The Kier molecular flexibility index (Phi) is 3.05. The van der Waals surface area contributed by atoms with Gasteiger partial charge in [0, 0.05) is 12.8 Å². The van der Waals surface area contributed by atoms with Gasteiger partial charge in [0.15, 0.2) is 0 Å². The number of ether oxygens (including phenoxy) is 1. The Bertz CT molecular complexity index is 377. The van der Waals surface area contributed by atoms with Crippen molar-refractivity contribution in [1.82, 2.24) is 10.3 Å². The molecular formula is C11H15N3O2. The number of nitrogen functional groups attached to an aromatic ring is 1. The van der Waals surface area contributed by atoms with Crippen molar-refractivity contribution in [2.45, 2.75) is 25.5 Å². The van der Waals surface area contributed by atoms with Crippen molar-refractivity contribution >= 4 is 11.7 Å². The van der Waals surface area contributed by atoms with E-state index in [-0.39, 0.29) is 18.1 Å². The fourth-order valence-corrected chi connectivity index (χ4v) is 1.71. The van der Waals surface area contributed by atoms with E-state index < -0.39 is 0 Å². The molecule has 1 fully saturated rings. The molecule has 1 aliphatic rings. The first-order valence-corrected chi connectivity index (χ1v) is 5.31. The van der Waals surface area contributed by atoms with Gasteiger partial charge in [-0.15, -0.1) is 0 Å². The minimum Gasteiger partial charge on any atom is -0.384 e. The monoisotopic (exact) mass is 221 g/mol. The van der Waals surface area contributed by atoms with Gasteiger partial charge >= 0.3 is 0 Å². The molecule has 1 aromatic heterocycles. The molecular weight excluding hydrogens is 206 g/mol. The number of rotatable bonds is 2. The molecule has 2 rings (SSSR count). The number of pyridine rings is 1. The molecule has 2 heterocycles. The van der Waals surface area contributed by atoms with Crippen molar-refractivity contribution in [2.24, 2.45) is 0 Å². The van der Waals surface area contributed by atoms with Crippen molar-refractivity contribution in [2.75, 3.05) is 12.3 Å². The first-order valence-electron chi connectivity index (χ1n) is 5.31. The molecule has 5 heteroatoms. The van der Waals surface area contributed by atoms with E-state index in [1.165, 1.54) is 6.20 Å². The summed E-state index contributed by atoms with van der Waals surface area (Å²) in [6.45, 7) is 2.66. The van der Waals surface area contributed by atoms with Gasteiger partial charge in [0.1, 0.15) is 5.82 Å². The molecule has 1 saturated heterocycles. The van der Waals surface area contributed by atoms with Gasteiger partial charge < -0.3 is 15.8 Å². The minimum atomic E-state index is -0.130. The summed E-state index contributed by atoms with van der Waals surface area (Å²) in [7, 11) is 0. The van der Waals surface area contributed by atoms with Crippen molar-refractivity contribution < 1.29 is 9.53 Å². The highest BCUT2D eigenvalue weighted by Crippen LogP contribution is 2.13. The van der Waals surface area contributed by atoms with E-state index in [1.807, 2.05) is 6.92 Å². The maximum atomic E-state index is 11.8. The van der Waals surface area contributed by atoms with Crippen molar-refractivity contribution in [3.05, 3.63) is 23.9 Å². The van der Waals surface area contributed by atoms with Crippen LogP contribution in [0.4, 0.5) is 5.82 Å². The number of hydrogen-bond donors (Lipinski definition) is 2. The van der Waals surface area contributed by atoms with Crippen molar-refractivity contribution in [3.8, 4) is 0 Å². The van der Waals surface area contributed by atoms with Gasteiger partial charge in [0.05, 0.1) is 17.7 Å². The number of amides is 1. The zero-order valence-corrected chi connectivity index (χ0v) is 9.14. The molecule has 86 valence electrons. The number of anilines is 1. The molecule has 3 N–H and O–H groups in total. The van der Waals surface area contributed by atoms with E-state index in [0.717, 1.165) is 6.42 Å². The van der Waals surface area contributed by atoms with Crippen LogP contribution in [0.2, 0.25) is 0 Å². The molecule has 1 aromatic rings. The smallest absolute Gasteiger partial charge is 0.253 e. The average Bonchev–Trinajstić information content (AvgIpc) is 2.65. The third-order valence-electron chi connectivity index (χ3n) is 2.74. The maximum Gasteiger partial charge on any atom is 0.253 e. The number of carbonyl (C=O) groups is 1. The van der Waals surface area contributed by atoms with E-state index >= 15 is 0 Å². The van der Waals surface area contributed by atoms with Crippen LogP contribution in [0.3, 0.4) is 0 Å². The van der Waals surface area contributed by atoms with Crippen LogP contribution in [0, 0.1) is 0 Å². The predicted molar refractivity (Wildman–Crippen MR) is 59.9 cm³/mol. The van der Waals surface area contributed by atoms with Gasteiger partial charge in [-0.25, -0.2) is 4.98 Å². The van der Waals surface area contributed by atoms with E-state index in [4.69, 9.17) is 10.5 Å². The molecule has 16 heavy (non-hydrogen) atoms. The number of aromatic nitrogens is 1. The lowest BCUT2D eigenvalue weighted by molar-refractivity contribution is 0.0866. The summed E-state index contributed by atoms with van der Waals surface area (Å²) in [4.78, 5) is 15.7. The molecule has 1 aliphatic heterocycles. The summed E-state index contributed by atoms with van der Waals surface area (Å²) in [5.41, 5.74) is 5.97. The van der Waals surface area contributed by atoms with E-state index in [9.17, 15) is 4.79 Å². The largest absolute Gasteiger partial charge is 0.384 e. The molecule has 0 aromatic carbocycles. The SMILES string of the molecule is CC1OCCC1NC(=O)c1ccc(N)nc1. The summed E-state index contributed by atoms with van der Waals surface area (Å²) in [5, 5.41) is 2.92. The standard InChI is InChI=1S/C11H15N3O2/c1-7-9(4-5-16-7)14-11(15)8-2-3-10(12)13-6-8/h2-3,6-7,9H,4-5H2,1H3,(H2,12,13)(H,14,15). The Morgan fingerprint density at radius 3 is 3.00 bits per heavy atom. The molecule has 2 atom stereocenters. The van der Waals surface area contributed by atoms with Crippen LogP contribution >= 0.6 is 0 Å². The average molecular weight is 221 g/mol. The van der Waals surface area contributed by atoms with E-state index in [0.29, 0.717) is 18.0 Å². The molecule has 0 bridgehead atoms. The molecule has 0 aliphatic carbocycles. The lowest BCUT2D eigenvalue weighted by Crippen LogP contribution is -2.39.